The van der Waals surface area contributed by atoms with E-state index >= 15 is 0 Å². The number of aromatic nitrogens is 2. The van der Waals surface area contributed by atoms with Gasteiger partial charge >= 0.3 is 0 Å². The van der Waals surface area contributed by atoms with Crippen LogP contribution >= 0.6 is 11.6 Å². The minimum atomic E-state index is -0.125. The van der Waals surface area contributed by atoms with E-state index in [-0.39, 0.29) is 5.60 Å². The van der Waals surface area contributed by atoms with Gasteiger partial charge in [0.1, 0.15) is 11.0 Å². The Labute approximate surface area is 94.2 Å². The highest BCUT2D eigenvalue weighted by Gasteiger charge is 2.27. The van der Waals surface area contributed by atoms with Gasteiger partial charge in [-0.25, -0.2) is 9.97 Å². The summed E-state index contributed by atoms with van der Waals surface area (Å²) < 4.78 is 5.62. The standard InChI is InChI=1S/C10H14ClN3O/c1-10(2)7-14(3-4-15-10)9-6-12-8(11)5-13-9/h5-6H,3-4,7H2,1-2H3. The first-order valence-electron chi connectivity index (χ1n) is 4.93. The molecule has 1 fully saturated rings. The van der Waals surface area contributed by atoms with E-state index in [2.05, 4.69) is 28.7 Å². The van der Waals surface area contributed by atoms with Crippen LogP contribution < -0.4 is 4.90 Å². The Balaban J connectivity index is 2.13. The van der Waals surface area contributed by atoms with Gasteiger partial charge in [-0.1, -0.05) is 11.6 Å². The quantitative estimate of drug-likeness (QED) is 0.733. The molecule has 1 aliphatic heterocycles. The average molecular weight is 228 g/mol. The van der Waals surface area contributed by atoms with E-state index in [4.69, 9.17) is 16.3 Å². The molecule has 0 aromatic carbocycles. The number of hydrogen-bond acceptors (Lipinski definition) is 4. The summed E-state index contributed by atoms with van der Waals surface area (Å²) in [5.74, 6) is 0.857. The van der Waals surface area contributed by atoms with Crippen LogP contribution in [0, 0.1) is 0 Å². The van der Waals surface area contributed by atoms with E-state index in [1.165, 1.54) is 0 Å². The first-order chi connectivity index (χ1) is 7.07. The molecule has 2 rings (SSSR count). The van der Waals surface area contributed by atoms with Gasteiger partial charge in [0.05, 0.1) is 24.6 Å². The molecule has 0 amide bonds. The number of ether oxygens (including phenoxy) is 1. The maximum absolute atomic E-state index is 5.69. The van der Waals surface area contributed by atoms with Crippen molar-refractivity contribution < 1.29 is 4.74 Å². The van der Waals surface area contributed by atoms with Gasteiger partial charge in [-0.15, -0.1) is 0 Å². The lowest BCUT2D eigenvalue weighted by atomic mass is 10.1. The third kappa shape index (κ3) is 2.58. The fraction of sp³-hybridized carbons (Fsp3) is 0.600. The van der Waals surface area contributed by atoms with E-state index in [1.54, 1.807) is 12.4 Å². The Kier molecular flexibility index (Phi) is 2.80. The van der Waals surface area contributed by atoms with Crippen LogP contribution in [0.4, 0.5) is 5.82 Å². The molecule has 4 nitrogen and oxygen atoms in total. The molecule has 0 spiro atoms. The monoisotopic (exact) mass is 227 g/mol. The molecule has 0 N–H and O–H groups in total. The number of rotatable bonds is 1. The van der Waals surface area contributed by atoms with Crippen LogP contribution in [-0.4, -0.2) is 35.3 Å². The highest BCUT2D eigenvalue weighted by atomic mass is 35.5. The van der Waals surface area contributed by atoms with Crippen LogP contribution in [0.3, 0.4) is 0 Å². The molecule has 0 radical (unpaired) electrons. The van der Waals surface area contributed by atoms with Gasteiger partial charge in [0, 0.05) is 13.1 Å². The molecule has 0 unspecified atom stereocenters. The maximum Gasteiger partial charge on any atom is 0.147 e. The maximum atomic E-state index is 5.69. The van der Waals surface area contributed by atoms with Gasteiger partial charge in [0.2, 0.25) is 0 Å². The molecular weight excluding hydrogens is 214 g/mol. The number of nitrogens with zero attached hydrogens (tertiary/aromatic N) is 3. The van der Waals surface area contributed by atoms with Crippen molar-refractivity contribution in [2.45, 2.75) is 19.4 Å². The van der Waals surface area contributed by atoms with E-state index < -0.39 is 0 Å². The normalized spacial score (nSPS) is 20.3. The number of hydrogen-bond donors (Lipinski definition) is 0. The minimum Gasteiger partial charge on any atom is -0.372 e. The average Bonchev–Trinajstić information content (AvgIpc) is 2.17. The van der Waals surface area contributed by atoms with Crippen LogP contribution in [0.1, 0.15) is 13.8 Å². The second-order valence-electron chi connectivity index (χ2n) is 4.23. The summed E-state index contributed by atoms with van der Waals surface area (Å²) in [5, 5.41) is 0.422. The Morgan fingerprint density at radius 1 is 1.40 bits per heavy atom. The van der Waals surface area contributed by atoms with E-state index in [1.807, 2.05) is 0 Å². The predicted molar refractivity (Wildman–Crippen MR) is 59.3 cm³/mol. The van der Waals surface area contributed by atoms with Crippen molar-refractivity contribution in [1.29, 1.82) is 0 Å². The largest absolute Gasteiger partial charge is 0.372 e. The molecule has 0 saturated carbocycles. The molecule has 2 heterocycles. The molecule has 15 heavy (non-hydrogen) atoms. The zero-order valence-electron chi connectivity index (χ0n) is 8.90. The summed E-state index contributed by atoms with van der Waals surface area (Å²) in [4.78, 5) is 10.4. The molecule has 82 valence electrons. The van der Waals surface area contributed by atoms with Gasteiger partial charge in [0.25, 0.3) is 0 Å². The molecule has 0 aliphatic carbocycles. The first kappa shape index (κ1) is 10.6. The zero-order chi connectivity index (χ0) is 10.9. The molecular formula is C10H14ClN3O. The predicted octanol–water partition coefficient (Wildman–Crippen LogP) is 1.75. The molecule has 1 aromatic heterocycles. The van der Waals surface area contributed by atoms with Gasteiger partial charge < -0.3 is 9.64 Å². The SMILES string of the molecule is CC1(C)CN(c2cnc(Cl)cn2)CCO1. The summed E-state index contributed by atoms with van der Waals surface area (Å²) in [6, 6.07) is 0. The lowest BCUT2D eigenvalue weighted by Crippen LogP contribution is -2.48. The van der Waals surface area contributed by atoms with Gasteiger partial charge in [-0.3, -0.25) is 0 Å². The van der Waals surface area contributed by atoms with Crippen molar-refractivity contribution in [3.05, 3.63) is 17.5 Å². The highest BCUT2D eigenvalue weighted by Crippen LogP contribution is 2.21. The summed E-state index contributed by atoms with van der Waals surface area (Å²) in [6.07, 6.45) is 3.27. The van der Waals surface area contributed by atoms with E-state index in [0.717, 1.165) is 25.5 Å². The highest BCUT2D eigenvalue weighted by molar-refractivity contribution is 6.29. The van der Waals surface area contributed by atoms with Crippen molar-refractivity contribution in [1.82, 2.24) is 9.97 Å². The molecule has 5 heteroatoms. The second-order valence-corrected chi connectivity index (χ2v) is 4.61. The van der Waals surface area contributed by atoms with Crippen molar-refractivity contribution in [2.24, 2.45) is 0 Å². The number of anilines is 1. The third-order valence-corrected chi connectivity index (χ3v) is 2.55. The van der Waals surface area contributed by atoms with Crippen LogP contribution in [0.5, 0.6) is 0 Å². The van der Waals surface area contributed by atoms with Gasteiger partial charge in [-0.2, -0.15) is 0 Å². The van der Waals surface area contributed by atoms with Gasteiger partial charge in [-0.05, 0) is 13.8 Å². The fourth-order valence-electron chi connectivity index (χ4n) is 1.68. The van der Waals surface area contributed by atoms with E-state index in [0.29, 0.717) is 5.15 Å². The Bertz CT molecular complexity index is 339. The van der Waals surface area contributed by atoms with Crippen molar-refractivity contribution in [3.8, 4) is 0 Å². The van der Waals surface area contributed by atoms with Crippen LogP contribution in [-0.2, 0) is 4.74 Å². The van der Waals surface area contributed by atoms with Crippen molar-refractivity contribution in [3.63, 3.8) is 0 Å². The van der Waals surface area contributed by atoms with Gasteiger partial charge in [0.15, 0.2) is 0 Å². The molecule has 0 atom stereocenters. The van der Waals surface area contributed by atoms with Crippen LogP contribution in [0.25, 0.3) is 0 Å². The smallest absolute Gasteiger partial charge is 0.147 e. The van der Waals surface area contributed by atoms with Crippen LogP contribution in [0.15, 0.2) is 12.4 Å². The Hall–Kier alpha value is -0.870. The summed E-state index contributed by atoms with van der Waals surface area (Å²) >= 11 is 5.69. The summed E-state index contributed by atoms with van der Waals surface area (Å²) in [6.45, 7) is 6.53. The second kappa shape index (κ2) is 3.94. The Morgan fingerprint density at radius 2 is 2.20 bits per heavy atom. The third-order valence-electron chi connectivity index (χ3n) is 2.36. The van der Waals surface area contributed by atoms with Crippen molar-refractivity contribution >= 4 is 17.4 Å². The lowest BCUT2D eigenvalue weighted by molar-refractivity contribution is -0.0279. The fourth-order valence-corrected chi connectivity index (χ4v) is 1.78. The zero-order valence-corrected chi connectivity index (χ0v) is 9.66. The molecule has 0 bridgehead atoms. The summed E-state index contributed by atoms with van der Waals surface area (Å²) in [5.41, 5.74) is -0.125. The summed E-state index contributed by atoms with van der Waals surface area (Å²) in [7, 11) is 0. The van der Waals surface area contributed by atoms with Crippen LogP contribution in [0.2, 0.25) is 5.15 Å². The topological polar surface area (TPSA) is 38.2 Å². The number of halogens is 1. The number of morpholine rings is 1. The minimum absolute atomic E-state index is 0.125. The first-order valence-corrected chi connectivity index (χ1v) is 5.31. The lowest BCUT2D eigenvalue weighted by Gasteiger charge is -2.38. The molecule has 1 saturated heterocycles. The molecule has 1 aromatic rings. The van der Waals surface area contributed by atoms with Crippen molar-refractivity contribution in [2.75, 3.05) is 24.6 Å². The molecule has 1 aliphatic rings. The van der Waals surface area contributed by atoms with E-state index in [9.17, 15) is 0 Å². The Morgan fingerprint density at radius 3 is 2.80 bits per heavy atom.